The van der Waals surface area contributed by atoms with Crippen molar-refractivity contribution in [2.45, 2.75) is 59.9 Å². The second-order valence-electron chi connectivity index (χ2n) is 11.4. The lowest BCUT2D eigenvalue weighted by Crippen LogP contribution is -2.51. The zero-order chi connectivity index (χ0) is 30.0. The van der Waals surface area contributed by atoms with Gasteiger partial charge in [-0.1, -0.05) is 69.6 Å². The van der Waals surface area contributed by atoms with Crippen LogP contribution < -0.4 is 10.9 Å². The Morgan fingerprint density at radius 2 is 1.81 bits per heavy atom. The molecule has 1 fully saturated rings. The molecule has 1 saturated heterocycles. The average molecular weight is 603 g/mol. The third kappa shape index (κ3) is 6.10. The van der Waals surface area contributed by atoms with Crippen LogP contribution in [0.2, 0.25) is 5.02 Å². The van der Waals surface area contributed by atoms with E-state index in [1.54, 1.807) is 0 Å². The van der Waals surface area contributed by atoms with E-state index in [1.807, 2.05) is 45.2 Å². The number of hydrogen-bond donors (Lipinski definition) is 1. The molecule has 0 bridgehead atoms. The summed E-state index contributed by atoms with van der Waals surface area (Å²) < 4.78 is 1.86. The van der Waals surface area contributed by atoms with Gasteiger partial charge in [-0.05, 0) is 61.4 Å². The van der Waals surface area contributed by atoms with Crippen LogP contribution in [0.4, 0.5) is 0 Å². The van der Waals surface area contributed by atoms with Crippen molar-refractivity contribution in [1.29, 1.82) is 0 Å². The number of rotatable bonds is 8. The van der Waals surface area contributed by atoms with Gasteiger partial charge in [0.15, 0.2) is 0 Å². The quantitative estimate of drug-likeness (QED) is 0.235. The molecule has 6 nitrogen and oxygen atoms in total. The van der Waals surface area contributed by atoms with Crippen molar-refractivity contribution in [2.24, 2.45) is 5.92 Å². The minimum Gasteiger partial charge on any atom is -0.336 e. The molecule has 0 unspecified atom stereocenters. The number of pyridine rings is 1. The Labute approximate surface area is 257 Å². The maximum absolute atomic E-state index is 14.7. The Bertz CT molecular complexity index is 1620. The molecule has 3 heterocycles. The first-order chi connectivity index (χ1) is 20.2. The highest BCUT2D eigenvalue weighted by atomic mass is 35.5. The Hall–Kier alpha value is -3.26. The third-order valence-corrected chi connectivity index (χ3v) is 8.98. The number of carbonyl (C=O) groups is 1. The molecule has 0 aliphatic carbocycles. The molecule has 220 valence electrons. The zero-order valence-electron chi connectivity index (χ0n) is 25.0. The van der Waals surface area contributed by atoms with Crippen LogP contribution in [0.25, 0.3) is 27.5 Å². The maximum atomic E-state index is 14.7. The van der Waals surface area contributed by atoms with E-state index in [0.29, 0.717) is 40.7 Å². The number of piperazine rings is 1. The molecule has 8 heteroatoms. The van der Waals surface area contributed by atoms with Gasteiger partial charge in [0.25, 0.3) is 11.5 Å². The highest BCUT2D eigenvalue weighted by molar-refractivity contribution is 7.13. The Morgan fingerprint density at radius 3 is 2.43 bits per heavy atom. The van der Waals surface area contributed by atoms with E-state index in [-0.39, 0.29) is 23.4 Å². The number of nitrogens with one attached hydrogen (secondary N) is 1. The fourth-order valence-corrected chi connectivity index (χ4v) is 6.72. The van der Waals surface area contributed by atoms with Crippen LogP contribution in [-0.2, 0) is 19.3 Å². The number of amides is 1. The molecule has 2 aromatic carbocycles. The van der Waals surface area contributed by atoms with E-state index < -0.39 is 0 Å². The first-order valence-electron chi connectivity index (χ1n) is 14.9. The minimum atomic E-state index is -0.136. The van der Waals surface area contributed by atoms with Crippen LogP contribution in [-0.4, -0.2) is 46.0 Å². The summed E-state index contributed by atoms with van der Waals surface area (Å²) in [6.45, 7) is 12.6. The van der Waals surface area contributed by atoms with Gasteiger partial charge in [-0.2, -0.15) is 0 Å². The van der Waals surface area contributed by atoms with E-state index in [2.05, 4.69) is 58.1 Å². The van der Waals surface area contributed by atoms with Gasteiger partial charge in [0.2, 0.25) is 0 Å². The van der Waals surface area contributed by atoms with Crippen LogP contribution in [0.15, 0.2) is 58.7 Å². The lowest BCUT2D eigenvalue weighted by Gasteiger charge is -2.33. The molecule has 0 saturated carbocycles. The molecular weight excluding hydrogens is 564 g/mol. The van der Waals surface area contributed by atoms with Crippen molar-refractivity contribution in [3.8, 4) is 27.5 Å². The van der Waals surface area contributed by atoms with Crippen molar-refractivity contribution < 1.29 is 4.79 Å². The van der Waals surface area contributed by atoms with Crippen molar-refractivity contribution >= 4 is 28.8 Å². The molecular formula is C34H39ClN4O2S. The number of aryl methyl sites for hydroxylation is 2. The molecule has 0 radical (unpaired) electrons. The van der Waals surface area contributed by atoms with Crippen molar-refractivity contribution in [2.75, 3.05) is 19.6 Å². The number of hydrogen-bond acceptors (Lipinski definition) is 5. The average Bonchev–Trinajstić information content (AvgIpc) is 3.47. The lowest BCUT2D eigenvalue weighted by atomic mass is 9.96. The predicted molar refractivity (Wildman–Crippen MR) is 174 cm³/mol. The van der Waals surface area contributed by atoms with Gasteiger partial charge >= 0.3 is 0 Å². The minimum absolute atomic E-state index is 0.0319. The number of thiazole rings is 1. The summed E-state index contributed by atoms with van der Waals surface area (Å²) in [6.07, 6.45) is 2.16. The first kappa shape index (κ1) is 30.2. The van der Waals surface area contributed by atoms with Crippen LogP contribution >= 0.6 is 22.9 Å². The number of halogens is 1. The largest absolute Gasteiger partial charge is 0.336 e. The summed E-state index contributed by atoms with van der Waals surface area (Å²) in [4.78, 5) is 35.9. The van der Waals surface area contributed by atoms with Gasteiger partial charge < -0.3 is 10.2 Å². The van der Waals surface area contributed by atoms with Gasteiger partial charge in [-0.3, -0.25) is 14.2 Å². The Balaban J connectivity index is 1.79. The van der Waals surface area contributed by atoms with Gasteiger partial charge in [-0.15, -0.1) is 11.3 Å². The molecule has 1 amide bonds. The second kappa shape index (κ2) is 12.9. The van der Waals surface area contributed by atoms with Gasteiger partial charge in [0, 0.05) is 47.3 Å². The maximum Gasteiger partial charge on any atom is 0.265 e. The summed E-state index contributed by atoms with van der Waals surface area (Å²) in [7, 11) is 0. The summed E-state index contributed by atoms with van der Waals surface area (Å²) in [6, 6.07) is 15.8. The summed E-state index contributed by atoms with van der Waals surface area (Å²) in [5.41, 5.74) is 6.47. The molecule has 42 heavy (non-hydrogen) atoms. The molecule has 5 rings (SSSR count). The number of benzene rings is 2. The fraction of sp³-hybridized carbons (Fsp3) is 0.382. The van der Waals surface area contributed by atoms with E-state index in [1.165, 1.54) is 11.3 Å². The summed E-state index contributed by atoms with van der Waals surface area (Å²) >= 11 is 7.54. The third-order valence-electron chi connectivity index (χ3n) is 7.85. The second-order valence-corrected chi connectivity index (χ2v) is 12.7. The molecule has 1 atom stereocenters. The Kier molecular flexibility index (Phi) is 9.31. The number of aromatic nitrogens is 2. The van der Waals surface area contributed by atoms with Crippen LogP contribution in [0.3, 0.4) is 0 Å². The molecule has 1 aliphatic rings. The zero-order valence-corrected chi connectivity index (χ0v) is 26.6. The summed E-state index contributed by atoms with van der Waals surface area (Å²) in [5, 5.41) is 6.65. The van der Waals surface area contributed by atoms with Crippen LogP contribution in [0.5, 0.6) is 0 Å². The number of nitrogens with zero attached hydrogens (tertiary/aromatic N) is 3. The van der Waals surface area contributed by atoms with Crippen molar-refractivity contribution in [1.82, 2.24) is 19.8 Å². The van der Waals surface area contributed by atoms with Gasteiger partial charge in [0.1, 0.15) is 5.01 Å². The van der Waals surface area contributed by atoms with Gasteiger partial charge in [0.05, 0.1) is 22.5 Å². The SMILES string of the molecule is CCc1cccc(CC)c1-n1c(CC(C)C)c(C(=O)N2CCN[C@H](C)C2)cc(-c2nc(-c3ccc(Cl)cc3)cs2)c1=O. The topological polar surface area (TPSA) is 67.2 Å². The smallest absolute Gasteiger partial charge is 0.265 e. The van der Waals surface area contributed by atoms with E-state index >= 15 is 0 Å². The van der Waals surface area contributed by atoms with E-state index in [0.717, 1.165) is 53.2 Å². The predicted octanol–water partition coefficient (Wildman–Crippen LogP) is 7.04. The molecule has 4 aromatic rings. The Morgan fingerprint density at radius 1 is 1.12 bits per heavy atom. The standard InChI is InChI=1S/C34H39ClN4O2S/c1-6-23-9-8-10-24(7-2)31(23)39-30(17-21(3)4)27(33(40)38-16-15-36-22(5)19-38)18-28(34(39)41)32-37-29(20-42-32)25-11-13-26(35)14-12-25/h8-14,18,20-22,36H,6-7,15-17,19H2,1-5H3/t22-/m1/s1. The number of para-hydroxylation sites is 1. The number of carbonyl (C=O) groups excluding carboxylic acids is 1. The summed E-state index contributed by atoms with van der Waals surface area (Å²) in [5.74, 6) is 0.209. The monoisotopic (exact) mass is 602 g/mol. The molecule has 1 N–H and O–H groups in total. The van der Waals surface area contributed by atoms with Gasteiger partial charge in [-0.25, -0.2) is 4.98 Å². The fourth-order valence-electron chi connectivity index (χ4n) is 5.76. The first-order valence-corrected chi connectivity index (χ1v) is 16.1. The van der Waals surface area contributed by atoms with Crippen molar-refractivity contribution in [3.63, 3.8) is 0 Å². The highest BCUT2D eigenvalue weighted by Gasteiger charge is 2.29. The normalized spacial score (nSPS) is 15.4. The highest BCUT2D eigenvalue weighted by Crippen LogP contribution is 2.32. The lowest BCUT2D eigenvalue weighted by molar-refractivity contribution is 0.0707. The van der Waals surface area contributed by atoms with E-state index in [4.69, 9.17) is 16.6 Å². The van der Waals surface area contributed by atoms with Crippen molar-refractivity contribution in [3.05, 3.63) is 91.7 Å². The molecule has 0 spiro atoms. The van der Waals surface area contributed by atoms with Crippen LogP contribution in [0.1, 0.15) is 61.8 Å². The molecule has 2 aromatic heterocycles. The van der Waals surface area contributed by atoms with Crippen LogP contribution in [0, 0.1) is 5.92 Å². The van der Waals surface area contributed by atoms with E-state index in [9.17, 15) is 9.59 Å². The molecule has 1 aliphatic heterocycles.